The average Bonchev–Trinajstić information content (AvgIpc) is 3.35. The molecule has 4 heterocycles. The van der Waals surface area contributed by atoms with Crippen LogP contribution >= 0.6 is 0 Å². The number of allylic oxidation sites excluding steroid dienone is 1. The van der Waals surface area contributed by atoms with Gasteiger partial charge < -0.3 is 29.1 Å². The maximum Gasteiger partial charge on any atom is 0.313 e. The minimum absolute atomic E-state index is 0.240. The first-order valence-corrected chi connectivity index (χ1v) is 14.5. The van der Waals surface area contributed by atoms with Crippen LogP contribution in [0.5, 0.6) is 5.75 Å². The molecule has 9 heteroatoms. The molecule has 0 bridgehead atoms. The highest BCUT2D eigenvalue weighted by molar-refractivity contribution is 6.05. The number of amides is 2. The van der Waals surface area contributed by atoms with Crippen LogP contribution in [0.3, 0.4) is 0 Å². The van der Waals surface area contributed by atoms with Crippen molar-refractivity contribution in [2.45, 2.75) is 49.5 Å². The molecule has 220 valence electrons. The van der Waals surface area contributed by atoms with Gasteiger partial charge in [0.1, 0.15) is 23.3 Å². The van der Waals surface area contributed by atoms with Crippen molar-refractivity contribution < 1.29 is 33.7 Å². The van der Waals surface area contributed by atoms with Crippen molar-refractivity contribution >= 4 is 23.5 Å². The van der Waals surface area contributed by atoms with Gasteiger partial charge in [-0.25, -0.2) is 0 Å². The molecule has 1 unspecified atom stereocenters. The monoisotopic (exact) mass is 572 g/mol. The third kappa shape index (κ3) is 4.51. The molecular formula is C33H36N2O7. The summed E-state index contributed by atoms with van der Waals surface area (Å²) in [6.45, 7) is 1.90. The van der Waals surface area contributed by atoms with Crippen LogP contribution in [0.4, 0.5) is 5.69 Å². The highest BCUT2D eigenvalue weighted by atomic mass is 16.6. The van der Waals surface area contributed by atoms with Gasteiger partial charge in [-0.3, -0.25) is 14.4 Å². The van der Waals surface area contributed by atoms with Crippen LogP contribution in [0.15, 0.2) is 78.9 Å². The lowest BCUT2D eigenvalue weighted by Crippen LogP contribution is -2.59. The van der Waals surface area contributed by atoms with E-state index < -0.39 is 47.0 Å². The Balaban J connectivity index is 1.49. The first-order chi connectivity index (χ1) is 20.3. The number of carbonyl (C=O) groups excluding carboxylic acids is 3. The molecule has 2 aromatic carbocycles. The molecule has 2 aromatic rings. The van der Waals surface area contributed by atoms with Crippen LogP contribution in [0.25, 0.3) is 0 Å². The van der Waals surface area contributed by atoms with E-state index in [1.54, 1.807) is 49.3 Å². The number of benzene rings is 2. The summed E-state index contributed by atoms with van der Waals surface area (Å²) in [5.74, 6) is -2.58. The van der Waals surface area contributed by atoms with Gasteiger partial charge in [0.05, 0.1) is 37.9 Å². The normalized spacial score (nSPS) is 32.1. The lowest BCUT2D eigenvalue weighted by atomic mass is 9.74. The number of hydrogen-bond donors (Lipinski definition) is 1. The maximum atomic E-state index is 14.7. The number of methoxy groups -OCH3 is 1. The van der Waals surface area contributed by atoms with Crippen molar-refractivity contribution in [1.29, 1.82) is 0 Å². The molecular weight excluding hydrogens is 536 g/mol. The van der Waals surface area contributed by atoms with Gasteiger partial charge in [-0.2, -0.15) is 0 Å². The standard InChI is InChI=1S/C33H36N2O7/c1-32-16-7-4-8-19-41-31(39)27(32)26-29(37)35(24(21-36)20-22-10-5-3-6-11-22)28-30(38)34(18-9-17-33(26,28)42-32)23-12-14-25(40-2)15-13-23/h3,5-7,9-17,24,26-28,36H,4,8,18-21H2,1-2H3/b16-7-/t24-,26+,27+,28?,32-,33+/m1/s1. The zero-order valence-corrected chi connectivity index (χ0v) is 23.8. The Kier molecular flexibility index (Phi) is 7.41. The fraction of sp³-hybridized carbons (Fsp3) is 0.424. The lowest BCUT2D eigenvalue weighted by Gasteiger charge is -2.40. The molecule has 4 aliphatic rings. The molecule has 0 aromatic heterocycles. The molecule has 6 rings (SSSR count). The highest BCUT2D eigenvalue weighted by Gasteiger charge is 2.75. The number of rotatable bonds is 6. The number of cyclic esters (lactones) is 1. The molecule has 9 nitrogen and oxygen atoms in total. The first kappa shape index (κ1) is 28.2. The van der Waals surface area contributed by atoms with Crippen LogP contribution in [0.1, 0.15) is 25.3 Å². The number of nitrogens with zero attached hydrogens (tertiary/aromatic N) is 2. The maximum absolute atomic E-state index is 14.7. The van der Waals surface area contributed by atoms with E-state index in [1.165, 1.54) is 4.90 Å². The molecule has 0 aliphatic carbocycles. The molecule has 2 fully saturated rings. The molecule has 4 aliphatic heterocycles. The highest BCUT2D eigenvalue weighted by Crippen LogP contribution is 2.57. The predicted octanol–water partition coefficient (Wildman–Crippen LogP) is 3.07. The van der Waals surface area contributed by atoms with Crippen molar-refractivity contribution in [2.75, 3.05) is 31.8 Å². The van der Waals surface area contributed by atoms with Gasteiger partial charge >= 0.3 is 5.97 Å². The van der Waals surface area contributed by atoms with Crippen LogP contribution in [0, 0.1) is 11.8 Å². The summed E-state index contributed by atoms with van der Waals surface area (Å²) in [4.78, 5) is 46.0. The SMILES string of the molecule is COc1ccc(N2CC=C[C@]34O[C@]5(C)/C=C\CCCOC(=O)[C@@H]5[C@H]3C(=O)N([C@@H](CO)Cc3ccccc3)C4C2=O)cc1. The summed E-state index contributed by atoms with van der Waals surface area (Å²) in [7, 11) is 1.58. The molecule has 6 atom stereocenters. The van der Waals surface area contributed by atoms with E-state index in [-0.39, 0.29) is 25.7 Å². The molecule has 2 amide bonds. The van der Waals surface area contributed by atoms with Gasteiger partial charge in [-0.05, 0) is 56.0 Å². The van der Waals surface area contributed by atoms with Crippen molar-refractivity contribution in [3.63, 3.8) is 0 Å². The predicted molar refractivity (Wildman–Crippen MR) is 155 cm³/mol. The molecule has 1 N–H and O–H groups in total. The molecule has 1 spiro atoms. The largest absolute Gasteiger partial charge is 0.497 e. The quantitative estimate of drug-likeness (QED) is 0.419. The average molecular weight is 573 g/mol. The number of aliphatic hydroxyl groups is 1. The number of likely N-dealkylation sites (tertiary alicyclic amines) is 1. The number of hydrogen-bond acceptors (Lipinski definition) is 7. The fourth-order valence-corrected chi connectivity index (χ4v) is 7.10. The van der Waals surface area contributed by atoms with Crippen LogP contribution in [-0.2, 0) is 30.3 Å². The third-order valence-electron chi connectivity index (χ3n) is 8.99. The third-order valence-corrected chi connectivity index (χ3v) is 8.99. The van der Waals surface area contributed by atoms with Crippen molar-refractivity contribution in [3.05, 3.63) is 84.5 Å². The van der Waals surface area contributed by atoms with Gasteiger partial charge in [0.15, 0.2) is 0 Å². The minimum Gasteiger partial charge on any atom is -0.497 e. The Bertz CT molecular complexity index is 1410. The summed E-state index contributed by atoms with van der Waals surface area (Å²) in [6.07, 6.45) is 9.14. The van der Waals surface area contributed by atoms with E-state index in [2.05, 4.69) is 0 Å². The Morgan fingerprint density at radius 1 is 1.00 bits per heavy atom. The number of ether oxygens (including phenoxy) is 3. The van der Waals surface area contributed by atoms with Gasteiger partial charge in [-0.1, -0.05) is 54.6 Å². The molecule has 2 saturated heterocycles. The number of aliphatic hydroxyl groups excluding tert-OH is 1. The number of carbonyl (C=O) groups is 3. The minimum atomic E-state index is -1.44. The Labute approximate surface area is 245 Å². The van der Waals surface area contributed by atoms with E-state index in [9.17, 15) is 19.5 Å². The van der Waals surface area contributed by atoms with Gasteiger partial charge in [-0.15, -0.1) is 0 Å². The van der Waals surface area contributed by atoms with Crippen LogP contribution in [0.2, 0.25) is 0 Å². The van der Waals surface area contributed by atoms with Crippen LogP contribution in [-0.4, -0.2) is 77.9 Å². The van der Waals surface area contributed by atoms with E-state index in [0.717, 1.165) is 5.56 Å². The summed E-state index contributed by atoms with van der Waals surface area (Å²) in [5, 5.41) is 10.7. The van der Waals surface area contributed by atoms with Crippen molar-refractivity contribution in [2.24, 2.45) is 11.8 Å². The summed E-state index contributed by atoms with van der Waals surface area (Å²) in [6, 6.07) is 14.8. The second kappa shape index (κ2) is 11.0. The van der Waals surface area contributed by atoms with E-state index in [0.29, 0.717) is 30.7 Å². The second-order valence-electron chi connectivity index (χ2n) is 11.5. The summed E-state index contributed by atoms with van der Waals surface area (Å²) in [5.41, 5.74) is -1.07. The number of fused-ring (bicyclic) bond motifs is 2. The van der Waals surface area contributed by atoms with Gasteiger partial charge in [0, 0.05) is 12.2 Å². The number of esters is 1. The first-order valence-electron chi connectivity index (χ1n) is 14.5. The van der Waals surface area contributed by atoms with Gasteiger partial charge in [0.25, 0.3) is 5.91 Å². The van der Waals surface area contributed by atoms with E-state index in [1.807, 2.05) is 48.6 Å². The smallest absolute Gasteiger partial charge is 0.313 e. The van der Waals surface area contributed by atoms with E-state index >= 15 is 0 Å². The zero-order chi connectivity index (χ0) is 29.5. The molecule has 0 saturated carbocycles. The fourth-order valence-electron chi connectivity index (χ4n) is 7.10. The Hall–Kier alpha value is -3.95. The van der Waals surface area contributed by atoms with E-state index in [4.69, 9.17) is 14.2 Å². The summed E-state index contributed by atoms with van der Waals surface area (Å²) >= 11 is 0. The topological polar surface area (TPSA) is 106 Å². The molecule has 42 heavy (non-hydrogen) atoms. The van der Waals surface area contributed by atoms with Crippen LogP contribution < -0.4 is 9.64 Å². The van der Waals surface area contributed by atoms with Crippen molar-refractivity contribution in [3.8, 4) is 5.75 Å². The Morgan fingerprint density at radius 3 is 2.48 bits per heavy atom. The zero-order valence-electron chi connectivity index (χ0n) is 23.8. The summed E-state index contributed by atoms with van der Waals surface area (Å²) < 4.78 is 17.8. The Morgan fingerprint density at radius 2 is 1.76 bits per heavy atom. The van der Waals surface area contributed by atoms with Gasteiger partial charge in [0.2, 0.25) is 5.91 Å². The second-order valence-corrected chi connectivity index (χ2v) is 11.5. The molecule has 0 radical (unpaired) electrons. The number of anilines is 1. The lowest BCUT2D eigenvalue weighted by molar-refractivity contribution is -0.159. The van der Waals surface area contributed by atoms with Crippen molar-refractivity contribution in [1.82, 2.24) is 4.90 Å².